The van der Waals surface area contributed by atoms with Crippen molar-refractivity contribution in [2.24, 2.45) is 0 Å². The molecule has 0 saturated heterocycles. The number of nitrogens with zero attached hydrogens (tertiary/aromatic N) is 2. The predicted molar refractivity (Wildman–Crippen MR) is 198 cm³/mol. The van der Waals surface area contributed by atoms with E-state index in [1.165, 1.54) is 32.5 Å². The first-order valence-corrected chi connectivity index (χ1v) is 16.7. The summed E-state index contributed by atoms with van der Waals surface area (Å²) in [4.78, 5) is 9.17. The fourth-order valence-electron chi connectivity index (χ4n) is 6.16. The summed E-state index contributed by atoms with van der Waals surface area (Å²) in [6.45, 7) is 12.2. The van der Waals surface area contributed by atoms with Gasteiger partial charge in [-0.25, -0.2) is 0 Å². The van der Waals surface area contributed by atoms with Gasteiger partial charge in [-0.2, -0.15) is 0 Å². The van der Waals surface area contributed by atoms with Gasteiger partial charge in [0.15, 0.2) is 0 Å². The van der Waals surface area contributed by atoms with E-state index in [0.29, 0.717) is 0 Å². The largest absolute Gasteiger partial charge is 0.500 e. The van der Waals surface area contributed by atoms with Crippen LogP contribution in [0, 0.1) is 39.8 Å². The van der Waals surface area contributed by atoms with Gasteiger partial charge in [0.25, 0.3) is 0 Å². The molecule has 5 heteroatoms. The summed E-state index contributed by atoms with van der Waals surface area (Å²) in [5.41, 5.74) is 13.3. The molecule has 8 rings (SSSR count). The molecule has 4 aromatic carbocycles. The van der Waals surface area contributed by atoms with Crippen LogP contribution in [0.2, 0.25) is 0 Å². The molecule has 0 fully saturated rings. The van der Waals surface area contributed by atoms with Crippen molar-refractivity contribution in [3.8, 4) is 33.6 Å². The number of furan rings is 1. The molecule has 0 N–H and O–H groups in total. The van der Waals surface area contributed by atoms with Crippen LogP contribution in [0.5, 0.6) is 0 Å². The maximum absolute atomic E-state index is 8.78. The van der Waals surface area contributed by atoms with Gasteiger partial charge < -0.3 is 14.4 Å². The van der Waals surface area contributed by atoms with Crippen LogP contribution in [-0.2, 0) is 20.1 Å². The van der Waals surface area contributed by atoms with Crippen molar-refractivity contribution in [3.63, 3.8) is 0 Å². The number of rotatable bonds is 4. The second kappa shape index (κ2) is 14.0. The third-order valence-corrected chi connectivity index (χ3v) is 9.52. The Balaban J connectivity index is 0.000000234. The Labute approximate surface area is 301 Å². The van der Waals surface area contributed by atoms with Crippen LogP contribution in [0.25, 0.3) is 65.7 Å². The Morgan fingerprint density at radius 1 is 0.750 bits per heavy atom. The Hall–Kier alpha value is -4.41. The van der Waals surface area contributed by atoms with Crippen LogP contribution in [-0.4, -0.2) is 9.97 Å². The first-order chi connectivity index (χ1) is 23.1. The standard InChI is InChI=1S/C30H24NOS.C13H12N.Ir/c1-17(2)25-16-31-26(15-24(25)28-18(3)7-5-8-19(28)4)22-10-6-9-20-21-11-12-27-23(13-14-33-27)30(21)32-29(20)22;1-10-3-6-12(7-4-10)13-8-5-11(2)9-14-13;/h5-9,11-17H,1-4H3;3-6,8-9H,1-2H3;/q2*-1;/i17D;;. The molecule has 0 atom stereocenters. The number of thiophene rings is 1. The first-order valence-electron chi connectivity index (χ1n) is 16.3. The van der Waals surface area contributed by atoms with E-state index in [-0.39, 0.29) is 20.1 Å². The minimum absolute atomic E-state index is 0. The van der Waals surface area contributed by atoms with Crippen molar-refractivity contribution < 1.29 is 25.9 Å². The van der Waals surface area contributed by atoms with Crippen LogP contribution in [0.3, 0.4) is 0 Å². The van der Waals surface area contributed by atoms with Gasteiger partial charge in [-0.05, 0) is 88.9 Å². The second-order valence-corrected chi connectivity index (χ2v) is 13.3. The summed E-state index contributed by atoms with van der Waals surface area (Å²) in [5.74, 6) is -0.783. The zero-order valence-electron chi connectivity index (χ0n) is 28.9. The van der Waals surface area contributed by atoms with Crippen LogP contribution in [0.4, 0.5) is 0 Å². The van der Waals surface area contributed by atoms with Gasteiger partial charge in [0.1, 0.15) is 5.58 Å². The molecule has 0 aliphatic rings. The first kappa shape index (κ1) is 32.2. The monoisotopic (exact) mass is 822 g/mol. The smallest absolute Gasteiger partial charge is 0.129 e. The molecule has 0 spiro atoms. The molecule has 0 saturated carbocycles. The number of aromatic nitrogens is 2. The molecule has 1 radical (unpaired) electrons. The van der Waals surface area contributed by atoms with E-state index in [1.54, 1.807) is 11.3 Å². The molecule has 0 amide bonds. The fourth-order valence-corrected chi connectivity index (χ4v) is 6.94. The second-order valence-electron chi connectivity index (χ2n) is 12.4. The van der Waals surface area contributed by atoms with Gasteiger partial charge in [-0.15, -0.1) is 64.9 Å². The zero-order valence-corrected chi connectivity index (χ0v) is 31.1. The van der Waals surface area contributed by atoms with Crippen LogP contribution in [0.1, 0.15) is 48.9 Å². The van der Waals surface area contributed by atoms with Gasteiger partial charge in [-0.1, -0.05) is 74.2 Å². The minimum Gasteiger partial charge on any atom is -0.500 e. The summed E-state index contributed by atoms with van der Waals surface area (Å²) in [6, 6.07) is 35.7. The van der Waals surface area contributed by atoms with E-state index in [1.807, 2.05) is 57.4 Å². The maximum Gasteiger partial charge on any atom is 0.129 e. The quantitative estimate of drug-likeness (QED) is 0.166. The topological polar surface area (TPSA) is 38.9 Å². The van der Waals surface area contributed by atoms with E-state index in [2.05, 4.69) is 104 Å². The Morgan fingerprint density at radius 3 is 2.21 bits per heavy atom. The van der Waals surface area contributed by atoms with E-state index in [4.69, 9.17) is 10.8 Å². The number of aryl methyl sites for hydroxylation is 4. The summed E-state index contributed by atoms with van der Waals surface area (Å²) in [5, 5.41) is 5.41. The van der Waals surface area contributed by atoms with Crippen molar-refractivity contribution >= 4 is 43.4 Å². The van der Waals surface area contributed by atoms with E-state index < -0.39 is 5.89 Å². The van der Waals surface area contributed by atoms with Crippen molar-refractivity contribution in [3.05, 3.63) is 143 Å². The van der Waals surface area contributed by atoms with E-state index in [9.17, 15) is 0 Å². The van der Waals surface area contributed by atoms with Gasteiger partial charge in [-0.3, -0.25) is 0 Å². The van der Waals surface area contributed by atoms with Gasteiger partial charge >= 0.3 is 0 Å². The Kier molecular flexibility index (Phi) is 9.36. The zero-order chi connectivity index (χ0) is 33.6. The third-order valence-electron chi connectivity index (χ3n) is 8.63. The van der Waals surface area contributed by atoms with Gasteiger partial charge in [0.2, 0.25) is 0 Å². The van der Waals surface area contributed by atoms with Crippen molar-refractivity contribution in [1.29, 1.82) is 0 Å². The van der Waals surface area contributed by atoms with Crippen molar-refractivity contribution in [1.82, 2.24) is 9.97 Å². The molecule has 0 aliphatic heterocycles. The number of fused-ring (bicyclic) bond motifs is 5. The molecule has 0 unspecified atom stereocenters. The van der Waals surface area contributed by atoms with Crippen LogP contribution < -0.4 is 0 Å². The van der Waals surface area contributed by atoms with E-state index in [0.717, 1.165) is 61.0 Å². The number of pyridine rings is 2. The van der Waals surface area contributed by atoms with Crippen molar-refractivity contribution in [2.75, 3.05) is 0 Å². The fraction of sp³-hybridized carbons (Fsp3) is 0.163. The minimum atomic E-state index is -0.783. The number of hydrogen-bond acceptors (Lipinski definition) is 4. The summed E-state index contributed by atoms with van der Waals surface area (Å²) in [6.07, 6.45) is 3.74. The molecule has 0 bridgehead atoms. The van der Waals surface area contributed by atoms with Gasteiger partial charge in [0.05, 0.1) is 5.58 Å². The molecule has 4 aromatic heterocycles. The number of hydrogen-bond donors (Lipinski definition) is 0. The molecule has 4 heterocycles. The summed E-state index contributed by atoms with van der Waals surface area (Å²) in [7, 11) is 0. The predicted octanol–water partition coefficient (Wildman–Crippen LogP) is 12.2. The SMILES string of the molecule is Cc1c[c-]c(-c2ccc(C)cn2)cc1.[2H]C(C)(C)c1cnc(-c2[c-]ccc3c2oc2c4ccsc4ccc32)cc1-c1c(C)cccc1C.[Ir]. The molecule has 241 valence electrons. The molecule has 8 aromatic rings. The average molecular weight is 822 g/mol. The van der Waals surface area contributed by atoms with Gasteiger partial charge in [0, 0.05) is 49.3 Å². The molecular formula is C43H36IrN2OS-2. The Morgan fingerprint density at radius 2 is 1.50 bits per heavy atom. The molecule has 48 heavy (non-hydrogen) atoms. The number of benzene rings is 4. The normalized spacial score (nSPS) is 11.7. The molecule has 3 nitrogen and oxygen atoms in total. The molecule has 0 aliphatic carbocycles. The molecular weight excluding hydrogens is 785 g/mol. The van der Waals surface area contributed by atoms with Crippen molar-refractivity contribution in [2.45, 2.75) is 47.4 Å². The van der Waals surface area contributed by atoms with Crippen LogP contribution in [0.15, 0.2) is 107 Å². The Bertz CT molecular complexity index is 2360. The third kappa shape index (κ3) is 6.39. The maximum atomic E-state index is 8.78. The van der Waals surface area contributed by atoms with E-state index >= 15 is 0 Å². The summed E-state index contributed by atoms with van der Waals surface area (Å²) >= 11 is 1.72. The van der Waals surface area contributed by atoms with Crippen LogP contribution >= 0.6 is 11.3 Å². The summed E-state index contributed by atoms with van der Waals surface area (Å²) < 4.78 is 16.5. The average Bonchev–Trinajstić information content (AvgIpc) is 3.70.